The monoisotopic (exact) mass is 319 g/mol. The Labute approximate surface area is 132 Å². The van der Waals surface area contributed by atoms with Crippen LogP contribution in [0.3, 0.4) is 0 Å². The quantitative estimate of drug-likeness (QED) is 0.775. The standard InChI is InChI=1S/C15H17N3O5/c19-13(8-18-6-2-1-3-14(18)20)16-17-15(21)10-4-5-11-12(7-10)23-9-22-11/h4-5,7H,1-3,6,8-9H2,(H,16,19)(H,17,21). The maximum Gasteiger partial charge on any atom is 0.269 e. The molecule has 0 aliphatic carbocycles. The van der Waals surface area contributed by atoms with Gasteiger partial charge >= 0.3 is 0 Å². The molecule has 2 aliphatic rings. The molecule has 0 atom stereocenters. The van der Waals surface area contributed by atoms with E-state index < -0.39 is 11.8 Å². The third kappa shape index (κ3) is 3.53. The van der Waals surface area contributed by atoms with Crippen LogP contribution in [-0.2, 0) is 9.59 Å². The molecule has 3 amide bonds. The molecule has 2 aliphatic heterocycles. The molecule has 1 aromatic rings. The van der Waals surface area contributed by atoms with Crippen LogP contribution in [0, 0.1) is 0 Å². The smallest absolute Gasteiger partial charge is 0.269 e. The first-order valence-electron chi connectivity index (χ1n) is 7.40. The summed E-state index contributed by atoms with van der Waals surface area (Å²) in [6.07, 6.45) is 2.22. The average molecular weight is 319 g/mol. The van der Waals surface area contributed by atoms with Gasteiger partial charge in [0.1, 0.15) is 6.54 Å². The van der Waals surface area contributed by atoms with Gasteiger partial charge in [-0.25, -0.2) is 0 Å². The maximum atomic E-state index is 12.0. The number of fused-ring (bicyclic) bond motifs is 1. The Hall–Kier alpha value is -2.77. The van der Waals surface area contributed by atoms with Crippen molar-refractivity contribution < 1.29 is 23.9 Å². The number of rotatable bonds is 3. The fourth-order valence-electron chi connectivity index (χ4n) is 2.48. The van der Waals surface area contributed by atoms with E-state index in [2.05, 4.69) is 10.9 Å². The van der Waals surface area contributed by atoms with Crippen LogP contribution in [0.2, 0.25) is 0 Å². The number of hydrazine groups is 1. The highest BCUT2D eigenvalue weighted by Crippen LogP contribution is 2.32. The summed E-state index contributed by atoms with van der Waals surface area (Å²) in [5, 5.41) is 0. The zero-order chi connectivity index (χ0) is 16.2. The fourth-order valence-corrected chi connectivity index (χ4v) is 2.48. The number of carbonyl (C=O) groups is 3. The summed E-state index contributed by atoms with van der Waals surface area (Å²) in [6.45, 7) is 0.642. The van der Waals surface area contributed by atoms with E-state index in [-0.39, 0.29) is 19.2 Å². The predicted octanol–water partition coefficient (Wildman–Crippen LogP) is 0.189. The van der Waals surface area contributed by atoms with Gasteiger partial charge in [0.15, 0.2) is 11.5 Å². The van der Waals surface area contributed by atoms with Crippen LogP contribution in [0.15, 0.2) is 18.2 Å². The molecular weight excluding hydrogens is 302 g/mol. The second kappa shape index (κ2) is 6.55. The van der Waals surface area contributed by atoms with Crippen molar-refractivity contribution in [1.82, 2.24) is 15.8 Å². The number of piperidine rings is 1. The van der Waals surface area contributed by atoms with Crippen molar-refractivity contribution in [2.24, 2.45) is 0 Å². The SMILES string of the molecule is O=C(CN1CCCCC1=O)NNC(=O)c1ccc2c(c1)OCO2. The molecule has 0 bridgehead atoms. The topological polar surface area (TPSA) is 97.0 Å². The Bertz CT molecular complexity index is 646. The number of hydrogen-bond donors (Lipinski definition) is 2. The highest BCUT2D eigenvalue weighted by Gasteiger charge is 2.21. The number of ether oxygens (including phenoxy) is 2. The molecule has 2 heterocycles. The molecule has 0 unspecified atom stereocenters. The zero-order valence-electron chi connectivity index (χ0n) is 12.5. The van der Waals surface area contributed by atoms with E-state index in [0.717, 1.165) is 12.8 Å². The number of nitrogens with one attached hydrogen (secondary N) is 2. The first-order chi connectivity index (χ1) is 11.1. The van der Waals surface area contributed by atoms with E-state index in [4.69, 9.17) is 9.47 Å². The molecule has 8 nitrogen and oxygen atoms in total. The summed E-state index contributed by atoms with van der Waals surface area (Å²) < 4.78 is 10.4. The van der Waals surface area contributed by atoms with Gasteiger partial charge in [0.2, 0.25) is 12.7 Å². The van der Waals surface area contributed by atoms with Crippen LogP contribution >= 0.6 is 0 Å². The molecule has 1 saturated heterocycles. The number of amides is 3. The van der Waals surface area contributed by atoms with Crippen LogP contribution in [0.1, 0.15) is 29.6 Å². The lowest BCUT2D eigenvalue weighted by atomic mass is 10.1. The molecule has 23 heavy (non-hydrogen) atoms. The highest BCUT2D eigenvalue weighted by atomic mass is 16.7. The van der Waals surface area contributed by atoms with E-state index in [1.54, 1.807) is 12.1 Å². The lowest BCUT2D eigenvalue weighted by molar-refractivity contribution is -0.138. The molecule has 0 spiro atoms. The molecule has 0 saturated carbocycles. The summed E-state index contributed by atoms with van der Waals surface area (Å²) in [5.41, 5.74) is 4.97. The molecule has 0 aromatic heterocycles. The van der Waals surface area contributed by atoms with Crippen LogP contribution in [0.5, 0.6) is 11.5 Å². The lowest BCUT2D eigenvalue weighted by Crippen LogP contribution is -2.48. The van der Waals surface area contributed by atoms with Gasteiger partial charge in [0.25, 0.3) is 11.8 Å². The lowest BCUT2D eigenvalue weighted by Gasteiger charge is -2.25. The van der Waals surface area contributed by atoms with Crippen molar-refractivity contribution in [3.05, 3.63) is 23.8 Å². The number of carbonyl (C=O) groups excluding carboxylic acids is 3. The van der Waals surface area contributed by atoms with Gasteiger partial charge in [-0.2, -0.15) is 0 Å². The van der Waals surface area contributed by atoms with Gasteiger partial charge in [0.05, 0.1) is 0 Å². The van der Waals surface area contributed by atoms with E-state index in [1.165, 1.54) is 11.0 Å². The summed E-state index contributed by atoms with van der Waals surface area (Å²) in [7, 11) is 0. The van der Waals surface area contributed by atoms with E-state index in [1.807, 2.05) is 0 Å². The minimum Gasteiger partial charge on any atom is -0.454 e. The van der Waals surface area contributed by atoms with Crippen molar-refractivity contribution in [3.8, 4) is 11.5 Å². The molecule has 1 aromatic carbocycles. The molecule has 3 rings (SSSR count). The van der Waals surface area contributed by atoms with Gasteiger partial charge in [0, 0.05) is 18.5 Å². The molecule has 122 valence electrons. The minimum atomic E-state index is -0.471. The Balaban J connectivity index is 1.50. The zero-order valence-corrected chi connectivity index (χ0v) is 12.5. The van der Waals surface area contributed by atoms with Gasteiger partial charge in [-0.05, 0) is 31.0 Å². The second-order valence-corrected chi connectivity index (χ2v) is 5.34. The number of likely N-dealkylation sites (tertiary alicyclic amines) is 1. The van der Waals surface area contributed by atoms with E-state index in [0.29, 0.717) is 30.0 Å². The maximum absolute atomic E-state index is 12.0. The van der Waals surface area contributed by atoms with Crippen molar-refractivity contribution in [2.75, 3.05) is 19.9 Å². The number of benzene rings is 1. The van der Waals surface area contributed by atoms with Crippen LogP contribution in [0.4, 0.5) is 0 Å². The Kier molecular flexibility index (Phi) is 4.31. The third-order valence-corrected chi connectivity index (χ3v) is 3.71. The third-order valence-electron chi connectivity index (χ3n) is 3.71. The minimum absolute atomic E-state index is 0.0338. The van der Waals surface area contributed by atoms with Crippen molar-refractivity contribution in [2.45, 2.75) is 19.3 Å². The van der Waals surface area contributed by atoms with Gasteiger partial charge in [-0.3, -0.25) is 25.2 Å². The van der Waals surface area contributed by atoms with Gasteiger partial charge < -0.3 is 14.4 Å². The molecular formula is C15H17N3O5. The normalized spacial score (nSPS) is 16.2. The van der Waals surface area contributed by atoms with Crippen LogP contribution in [-0.4, -0.2) is 42.5 Å². The van der Waals surface area contributed by atoms with Gasteiger partial charge in [-0.1, -0.05) is 0 Å². The molecule has 1 fully saturated rings. The van der Waals surface area contributed by atoms with Crippen LogP contribution < -0.4 is 20.3 Å². The highest BCUT2D eigenvalue weighted by molar-refractivity contribution is 5.96. The summed E-state index contributed by atoms with van der Waals surface area (Å²) in [6, 6.07) is 4.74. The van der Waals surface area contributed by atoms with E-state index in [9.17, 15) is 14.4 Å². The summed E-state index contributed by atoms with van der Waals surface area (Å²) in [4.78, 5) is 36.9. The Morgan fingerprint density at radius 2 is 1.96 bits per heavy atom. The molecule has 8 heteroatoms. The van der Waals surface area contributed by atoms with Crippen molar-refractivity contribution >= 4 is 17.7 Å². The molecule has 0 radical (unpaired) electrons. The van der Waals surface area contributed by atoms with Crippen molar-refractivity contribution in [3.63, 3.8) is 0 Å². The summed E-state index contributed by atoms with van der Waals surface area (Å²) in [5.74, 6) is 0.126. The summed E-state index contributed by atoms with van der Waals surface area (Å²) >= 11 is 0. The second-order valence-electron chi connectivity index (χ2n) is 5.34. The number of nitrogens with zero attached hydrogens (tertiary/aromatic N) is 1. The largest absolute Gasteiger partial charge is 0.454 e. The van der Waals surface area contributed by atoms with Crippen molar-refractivity contribution in [1.29, 1.82) is 0 Å². The van der Waals surface area contributed by atoms with Crippen LogP contribution in [0.25, 0.3) is 0 Å². The predicted molar refractivity (Wildman–Crippen MR) is 78.6 cm³/mol. The Morgan fingerprint density at radius 3 is 2.78 bits per heavy atom. The Morgan fingerprint density at radius 1 is 1.13 bits per heavy atom. The first-order valence-corrected chi connectivity index (χ1v) is 7.40. The fraction of sp³-hybridized carbons (Fsp3) is 0.400. The molecule has 2 N–H and O–H groups in total. The average Bonchev–Trinajstić information content (AvgIpc) is 3.02. The van der Waals surface area contributed by atoms with E-state index >= 15 is 0 Å². The first kappa shape index (κ1) is 15.1. The number of hydrogen-bond acceptors (Lipinski definition) is 5. The van der Waals surface area contributed by atoms with Gasteiger partial charge in [-0.15, -0.1) is 0 Å².